The lowest BCUT2D eigenvalue weighted by molar-refractivity contribution is 0.217. The molecule has 1 aromatic carbocycles. The number of hydrogen-bond acceptors (Lipinski definition) is 5. The second kappa shape index (κ2) is 6.00. The van der Waals surface area contributed by atoms with Gasteiger partial charge >= 0.3 is 0 Å². The fraction of sp³-hybridized carbons (Fsp3) is 0.500. The van der Waals surface area contributed by atoms with Crippen molar-refractivity contribution in [1.82, 2.24) is 25.1 Å². The Morgan fingerprint density at radius 3 is 2.85 bits per heavy atom. The molecule has 0 saturated carbocycles. The van der Waals surface area contributed by atoms with E-state index in [0.717, 1.165) is 23.8 Å². The van der Waals surface area contributed by atoms with Gasteiger partial charge in [0.25, 0.3) is 0 Å². The van der Waals surface area contributed by atoms with Gasteiger partial charge in [0.05, 0.1) is 5.69 Å². The van der Waals surface area contributed by atoms with Gasteiger partial charge in [-0.05, 0) is 67.0 Å². The zero-order chi connectivity index (χ0) is 13.8. The highest BCUT2D eigenvalue weighted by Crippen LogP contribution is 2.17. The maximum atomic E-state index is 3.87. The van der Waals surface area contributed by atoms with Crippen LogP contribution >= 0.6 is 0 Å². The third-order valence-electron chi connectivity index (χ3n) is 3.80. The van der Waals surface area contributed by atoms with Crippen molar-refractivity contribution in [3.05, 3.63) is 30.6 Å². The summed E-state index contributed by atoms with van der Waals surface area (Å²) in [6.45, 7) is 3.46. The Balaban J connectivity index is 1.56. The number of piperidine rings is 1. The van der Waals surface area contributed by atoms with Gasteiger partial charge in [-0.15, -0.1) is 5.10 Å². The molecule has 1 fully saturated rings. The summed E-state index contributed by atoms with van der Waals surface area (Å²) in [6.07, 6.45) is 4.22. The Morgan fingerprint density at radius 1 is 1.30 bits per heavy atom. The van der Waals surface area contributed by atoms with Gasteiger partial charge in [-0.3, -0.25) is 0 Å². The molecule has 0 amide bonds. The Bertz CT molecular complexity index is 521. The van der Waals surface area contributed by atoms with Gasteiger partial charge in [-0.25, -0.2) is 4.68 Å². The van der Waals surface area contributed by atoms with E-state index in [1.807, 2.05) is 12.1 Å². The highest BCUT2D eigenvalue weighted by Gasteiger charge is 2.16. The maximum Gasteiger partial charge on any atom is 0.143 e. The van der Waals surface area contributed by atoms with Gasteiger partial charge in [-0.1, -0.05) is 0 Å². The van der Waals surface area contributed by atoms with Crippen molar-refractivity contribution < 1.29 is 0 Å². The summed E-state index contributed by atoms with van der Waals surface area (Å²) in [5.41, 5.74) is 2.12. The van der Waals surface area contributed by atoms with E-state index >= 15 is 0 Å². The largest absolute Gasteiger partial charge is 0.385 e. The first-order chi connectivity index (χ1) is 9.81. The lowest BCUT2D eigenvalue weighted by atomic mass is 9.98. The van der Waals surface area contributed by atoms with Crippen LogP contribution in [0.1, 0.15) is 12.8 Å². The average molecular weight is 272 g/mol. The normalized spacial score (nSPS) is 19.9. The molecule has 106 valence electrons. The Hall–Kier alpha value is -1.95. The first-order valence-electron chi connectivity index (χ1n) is 7.07. The van der Waals surface area contributed by atoms with Crippen LogP contribution in [0.3, 0.4) is 0 Å². The van der Waals surface area contributed by atoms with Gasteiger partial charge < -0.3 is 10.2 Å². The van der Waals surface area contributed by atoms with Crippen LogP contribution in [0.15, 0.2) is 30.6 Å². The third kappa shape index (κ3) is 3.14. The van der Waals surface area contributed by atoms with E-state index in [1.54, 1.807) is 11.0 Å². The van der Waals surface area contributed by atoms with Gasteiger partial charge in [0, 0.05) is 18.8 Å². The molecule has 1 N–H and O–H groups in total. The molecule has 0 spiro atoms. The molecule has 1 aliphatic rings. The van der Waals surface area contributed by atoms with Crippen molar-refractivity contribution in [3.8, 4) is 5.69 Å². The molecule has 0 aliphatic carbocycles. The number of tetrazole rings is 1. The van der Waals surface area contributed by atoms with Crippen LogP contribution < -0.4 is 5.32 Å². The first-order valence-corrected chi connectivity index (χ1v) is 7.07. The quantitative estimate of drug-likeness (QED) is 0.912. The standard InChI is InChI=1S/C14H20N6/c1-19-8-2-3-12(10-19)9-15-13-4-6-14(7-5-13)20-11-16-17-18-20/h4-7,11-12,15H,2-3,8-10H2,1H3. The number of nitrogens with one attached hydrogen (secondary N) is 1. The molecule has 20 heavy (non-hydrogen) atoms. The third-order valence-corrected chi connectivity index (χ3v) is 3.80. The molecule has 6 heteroatoms. The monoisotopic (exact) mass is 272 g/mol. The number of benzene rings is 1. The number of aromatic nitrogens is 4. The van der Waals surface area contributed by atoms with E-state index in [4.69, 9.17) is 0 Å². The van der Waals surface area contributed by atoms with Crippen molar-refractivity contribution in [1.29, 1.82) is 0 Å². The molecule has 2 aromatic rings. The minimum Gasteiger partial charge on any atom is -0.385 e. The summed E-state index contributed by atoms with van der Waals surface area (Å²) in [4.78, 5) is 2.41. The highest BCUT2D eigenvalue weighted by atomic mass is 15.5. The minimum atomic E-state index is 0.743. The maximum absolute atomic E-state index is 3.87. The zero-order valence-electron chi connectivity index (χ0n) is 11.7. The van der Waals surface area contributed by atoms with Crippen molar-refractivity contribution in [3.63, 3.8) is 0 Å². The second-order valence-electron chi connectivity index (χ2n) is 5.45. The number of anilines is 1. The predicted octanol–water partition coefficient (Wildman–Crippen LogP) is 1.42. The molecule has 2 heterocycles. The summed E-state index contributed by atoms with van der Waals surface area (Å²) >= 11 is 0. The summed E-state index contributed by atoms with van der Waals surface area (Å²) in [7, 11) is 2.20. The van der Waals surface area contributed by atoms with Crippen LogP contribution in [0.2, 0.25) is 0 Å². The Kier molecular flexibility index (Phi) is 3.92. The smallest absolute Gasteiger partial charge is 0.143 e. The summed E-state index contributed by atoms with van der Waals surface area (Å²) in [6, 6.07) is 8.19. The lowest BCUT2D eigenvalue weighted by Gasteiger charge is -2.29. The van der Waals surface area contributed by atoms with E-state index in [1.165, 1.54) is 25.9 Å². The molecule has 3 rings (SSSR count). The summed E-state index contributed by atoms with van der Waals surface area (Å²) < 4.78 is 1.65. The lowest BCUT2D eigenvalue weighted by Crippen LogP contribution is -2.35. The molecule has 1 aliphatic heterocycles. The Morgan fingerprint density at radius 2 is 2.15 bits per heavy atom. The van der Waals surface area contributed by atoms with Gasteiger partial charge in [0.15, 0.2) is 0 Å². The SMILES string of the molecule is CN1CCCC(CNc2ccc(-n3cnnn3)cc2)C1. The summed E-state index contributed by atoms with van der Waals surface area (Å²) in [5.74, 6) is 0.743. The number of rotatable bonds is 4. The van der Waals surface area contributed by atoms with Crippen LogP contribution in [0.4, 0.5) is 5.69 Å². The van der Waals surface area contributed by atoms with Gasteiger partial charge in [-0.2, -0.15) is 0 Å². The molecule has 6 nitrogen and oxygen atoms in total. The molecule has 1 saturated heterocycles. The molecular weight excluding hydrogens is 252 g/mol. The van der Waals surface area contributed by atoms with Crippen LogP contribution in [-0.4, -0.2) is 51.8 Å². The molecule has 1 aromatic heterocycles. The fourth-order valence-corrected chi connectivity index (χ4v) is 2.71. The van der Waals surface area contributed by atoms with E-state index in [9.17, 15) is 0 Å². The van der Waals surface area contributed by atoms with Crippen LogP contribution in [0, 0.1) is 5.92 Å². The first kappa shape index (κ1) is 13.1. The second-order valence-corrected chi connectivity index (χ2v) is 5.45. The van der Waals surface area contributed by atoms with Gasteiger partial charge in [0.1, 0.15) is 6.33 Å². The average Bonchev–Trinajstić information content (AvgIpc) is 3.00. The van der Waals surface area contributed by atoms with Crippen LogP contribution in [0.25, 0.3) is 5.69 Å². The van der Waals surface area contributed by atoms with E-state index in [2.05, 4.69) is 44.9 Å². The van der Waals surface area contributed by atoms with Crippen molar-refractivity contribution >= 4 is 5.69 Å². The van der Waals surface area contributed by atoms with E-state index < -0.39 is 0 Å². The Labute approximate surface area is 118 Å². The van der Waals surface area contributed by atoms with E-state index in [-0.39, 0.29) is 0 Å². The van der Waals surface area contributed by atoms with Gasteiger partial charge in [0.2, 0.25) is 0 Å². The van der Waals surface area contributed by atoms with Crippen LogP contribution in [0.5, 0.6) is 0 Å². The number of likely N-dealkylation sites (tertiary alicyclic amines) is 1. The van der Waals surface area contributed by atoms with Crippen LogP contribution in [-0.2, 0) is 0 Å². The fourth-order valence-electron chi connectivity index (χ4n) is 2.71. The molecule has 0 bridgehead atoms. The summed E-state index contributed by atoms with van der Waals surface area (Å²) in [5, 5.41) is 14.7. The predicted molar refractivity (Wildman–Crippen MR) is 77.9 cm³/mol. The number of nitrogens with zero attached hydrogens (tertiary/aromatic N) is 5. The van der Waals surface area contributed by atoms with Crippen molar-refractivity contribution in [2.75, 3.05) is 32.0 Å². The topological polar surface area (TPSA) is 58.9 Å². The molecular formula is C14H20N6. The highest BCUT2D eigenvalue weighted by molar-refractivity contribution is 5.48. The molecule has 1 unspecified atom stereocenters. The zero-order valence-corrected chi connectivity index (χ0v) is 11.7. The van der Waals surface area contributed by atoms with Crippen molar-refractivity contribution in [2.45, 2.75) is 12.8 Å². The number of hydrogen-bond donors (Lipinski definition) is 1. The van der Waals surface area contributed by atoms with Crippen molar-refractivity contribution in [2.24, 2.45) is 5.92 Å². The minimum absolute atomic E-state index is 0.743. The van der Waals surface area contributed by atoms with E-state index in [0.29, 0.717) is 0 Å². The molecule has 0 radical (unpaired) electrons. The molecule has 1 atom stereocenters.